The van der Waals surface area contributed by atoms with E-state index in [1.165, 1.54) is 12.1 Å². The lowest BCUT2D eigenvalue weighted by Crippen LogP contribution is -2.15. The van der Waals surface area contributed by atoms with Crippen molar-refractivity contribution in [2.45, 2.75) is 0 Å². The number of nitrogens with one attached hydrogen (secondary N) is 1. The normalized spacial score (nSPS) is 10.4. The van der Waals surface area contributed by atoms with Crippen molar-refractivity contribution >= 4 is 22.5 Å². The van der Waals surface area contributed by atoms with Crippen LogP contribution >= 0.6 is 0 Å². The van der Waals surface area contributed by atoms with E-state index in [0.717, 1.165) is 5.52 Å². The van der Waals surface area contributed by atoms with Gasteiger partial charge in [0.2, 0.25) is 0 Å². The maximum atomic E-state index is 13.3. The van der Waals surface area contributed by atoms with Crippen LogP contribution in [0.3, 0.4) is 0 Å². The van der Waals surface area contributed by atoms with E-state index in [1.807, 2.05) is 6.07 Å². The summed E-state index contributed by atoms with van der Waals surface area (Å²) < 4.78 is 15.0. The first-order valence-electron chi connectivity index (χ1n) is 6.65. The maximum absolute atomic E-state index is 13.3. The molecule has 0 aliphatic rings. The molecule has 0 aliphatic carbocycles. The highest BCUT2D eigenvalue weighted by atomic mass is 19.1. The van der Waals surface area contributed by atoms with Gasteiger partial charge in [0.15, 0.2) is 0 Å². The first-order valence-corrected chi connectivity index (χ1v) is 6.65. The molecule has 5 heteroatoms. The van der Waals surface area contributed by atoms with Crippen LogP contribution in [-0.2, 0) is 7.05 Å². The van der Waals surface area contributed by atoms with Crippen molar-refractivity contribution in [1.82, 2.24) is 4.57 Å². The fraction of sp³-hybridized carbons (Fsp3) is 0.0588. The molecule has 0 saturated carbocycles. The molecule has 0 unspecified atom stereocenters. The van der Waals surface area contributed by atoms with Gasteiger partial charge in [0, 0.05) is 23.6 Å². The Morgan fingerprint density at radius 1 is 1.18 bits per heavy atom. The molecule has 0 radical (unpaired) electrons. The van der Waals surface area contributed by atoms with Gasteiger partial charge >= 0.3 is 0 Å². The van der Waals surface area contributed by atoms with Gasteiger partial charge in [-0.3, -0.25) is 4.79 Å². The number of nitriles is 1. The molecule has 3 rings (SSSR count). The van der Waals surface area contributed by atoms with Crippen LogP contribution in [0.15, 0.2) is 48.5 Å². The van der Waals surface area contributed by atoms with Crippen LogP contribution in [0.4, 0.5) is 10.1 Å². The molecule has 4 nitrogen and oxygen atoms in total. The Balaban J connectivity index is 1.91. The number of aromatic nitrogens is 1. The molecule has 0 atom stereocenters. The van der Waals surface area contributed by atoms with Gasteiger partial charge in [0.25, 0.3) is 5.91 Å². The standard InChI is InChI=1S/C17H12FN3O/c1-21-15-7-4-13(18)8-12(15)9-16(21)17(22)20-14-5-2-11(10-19)3-6-14/h2-9H,1H3,(H,20,22). The van der Waals surface area contributed by atoms with Crippen molar-refractivity contribution in [3.63, 3.8) is 0 Å². The molecule has 0 saturated heterocycles. The van der Waals surface area contributed by atoms with Gasteiger partial charge in [0.05, 0.1) is 11.6 Å². The van der Waals surface area contributed by atoms with Crippen molar-refractivity contribution in [1.29, 1.82) is 5.26 Å². The summed E-state index contributed by atoms with van der Waals surface area (Å²) in [6.07, 6.45) is 0. The molecule has 1 heterocycles. The average Bonchev–Trinajstić information content (AvgIpc) is 2.84. The lowest BCUT2D eigenvalue weighted by molar-refractivity contribution is 0.102. The summed E-state index contributed by atoms with van der Waals surface area (Å²) in [5.41, 5.74) is 2.34. The molecule has 22 heavy (non-hydrogen) atoms. The van der Waals surface area contributed by atoms with Crippen LogP contribution < -0.4 is 5.32 Å². The Bertz CT molecular complexity index is 904. The highest BCUT2D eigenvalue weighted by Crippen LogP contribution is 2.21. The molecular formula is C17H12FN3O. The minimum absolute atomic E-state index is 0.288. The zero-order valence-electron chi connectivity index (χ0n) is 11.8. The number of aryl methyl sites for hydroxylation is 1. The first kappa shape index (κ1) is 13.8. The van der Waals surface area contributed by atoms with Crippen LogP contribution in [0.1, 0.15) is 16.1 Å². The Morgan fingerprint density at radius 3 is 2.59 bits per heavy atom. The monoisotopic (exact) mass is 293 g/mol. The fourth-order valence-electron chi connectivity index (χ4n) is 2.36. The molecule has 108 valence electrons. The number of carbonyl (C=O) groups is 1. The van der Waals surface area contributed by atoms with E-state index in [-0.39, 0.29) is 11.7 Å². The van der Waals surface area contributed by atoms with Crippen molar-refractivity contribution in [2.75, 3.05) is 5.32 Å². The highest BCUT2D eigenvalue weighted by Gasteiger charge is 2.14. The topological polar surface area (TPSA) is 57.8 Å². The number of benzene rings is 2. The number of nitrogens with zero attached hydrogens (tertiary/aromatic N) is 2. The predicted octanol–water partition coefficient (Wildman–Crippen LogP) is 3.44. The van der Waals surface area contributed by atoms with Gasteiger partial charge in [-0.1, -0.05) is 0 Å². The van der Waals surface area contributed by atoms with E-state index in [4.69, 9.17) is 5.26 Å². The van der Waals surface area contributed by atoms with Gasteiger partial charge in [0.1, 0.15) is 11.5 Å². The number of anilines is 1. The second kappa shape index (κ2) is 5.34. The Morgan fingerprint density at radius 2 is 1.91 bits per heavy atom. The number of hydrogen-bond donors (Lipinski definition) is 1. The molecule has 1 aromatic heterocycles. The molecule has 2 aromatic carbocycles. The quantitative estimate of drug-likeness (QED) is 0.786. The predicted molar refractivity (Wildman–Crippen MR) is 82.0 cm³/mol. The zero-order valence-corrected chi connectivity index (χ0v) is 11.8. The minimum atomic E-state index is -0.336. The van der Waals surface area contributed by atoms with Gasteiger partial charge in [-0.2, -0.15) is 5.26 Å². The Hall–Kier alpha value is -3.13. The van der Waals surface area contributed by atoms with Crippen LogP contribution in [0.5, 0.6) is 0 Å². The van der Waals surface area contributed by atoms with Gasteiger partial charge in [-0.15, -0.1) is 0 Å². The summed E-state index contributed by atoms with van der Waals surface area (Å²) in [5, 5.41) is 12.2. The Labute approximate surface area is 126 Å². The summed E-state index contributed by atoms with van der Waals surface area (Å²) in [5.74, 6) is -0.624. The number of hydrogen-bond acceptors (Lipinski definition) is 2. The third-order valence-electron chi connectivity index (χ3n) is 3.51. The molecule has 1 N–H and O–H groups in total. The van der Waals surface area contributed by atoms with E-state index in [9.17, 15) is 9.18 Å². The smallest absolute Gasteiger partial charge is 0.272 e. The number of halogens is 1. The summed E-state index contributed by atoms with van der Waals surface area (Å²) >= 11 is 0. The summed E-state index contributed by atoms with van der Waals surface area (Å²) in [7, 11) is 1.76. The van der Waals surface area contributed by atoms with Crippen molar-refractivity contribution in [3.05, 3.63) is 65.6 Å². The molecule has 0 aliphatic heterocycles. The molecule has 3 aromatic rings. The maximum Gasteiger partial charge on any atom is 0.272 e. The largest absolute Gasteiger partial charge is 0.340 e. The Kier molecular flexibility index (Phi) is 3.36. The van der Waals surface area contributed by atoms with Crippen LogP contribution in [0, 0.1) is 17.1 Å². The number of rotatable bonds is 2. The lowest BCUT2D eigenvalue weighted by Gasteiger charge is -2.06. The lowest BCUT2D eigenvalue weighted by atomic mass is 10.2. The average molecular weight is 293 g/mol. The number of amides is 1. The van der Waals surface area contributed by atoms with Crippen molar-refractivity contribution in [2.24, 2.45) is 7.05 Å². The van der Waals surface area contributed by atoms with E-state index in [0.29, 0.717) is 22.3 Å². The second-order valence-electron chi connectivity index (χ2n) is 4.94. The summed E-state index contributed by atoms with van der Waals surface area (Å²) in [6.45, 7) is 0. The molecule has 0 bridgehead atoms. The fourth-order valence-corrected chi connectivity index (χ4v) is 2.36. The number of carbonyl (C=O) groups excluding carboxylic acids is 1. The van der Waals surface area contributed by atoms with Crippen molar-refractivity contribution in [3.8, 4) is 6.07 Å². The van der Waals surface area contributed by atoms with E-state index in [2.05, 4.69) is 5.32 Å². The van der Waals surface area contributed by atoms with Gasteiger partial charge < -0.3 is 9.88 Å². The van der Waals surface area contributed by atoms with Gasteiger partial charge in [-0.05, 0) is 48.5 Å². The summed E-state index contributed by atoms with van der Waals surface area (Å²) in [6, 6.07) is 14.7. The SMILES string of the molecule is Cn1c(C(=O)Nc2ccc(C#N)cc2)cc2cc(F)ccc21. The third-order valence-corrected chi connectivity index (χ3v) is 3.51. The molecule has 0 fully saturated rings. The second-order valence-corrected chi connectivity index (χ2v) is 4.94. The van der Waals surface area contributed by atoms with Crippen molar-refractivity contribution < 1.29 is 9.18 Å². The zero-order chi connectivity index (χ0) is 15.7. The summed E-state index contributed by atoms with van der Waals surface area (Å²) in [4.78, 5) is 12.4. The molecular weight excluding hydrogens is 281 g/mol. The van der Waals surface area contributed by atoms with E-state index in [1.54, 1.807) is 48.0 Å². The third kappa shape index (κ3) is 2.42. The van der Waals surface area contributed by atoms with Crippen LogP contribution in [0.2, 0.25) is 0 Å². The van der Waals surface area contributed by atoms with Crippen LogP contribution in [-0.4, -0.2) is 10.5 Å². The van der Waals surface area contributed by atoms with E-state index < -0.39 is 0 Å². The number of fused-ring (bicyclic) bond motifs is 1. The molecule has 0 spiro atoms. The first-order chi connectivity index (χ1) is 10.6. The molecule has 1 amide bonds. The minimum Gasteiger partial charge on any atom is -0.340 e. The van der Waals surface area contributed by atoms with Crippen LogP contribution in [0.25, 0.3) is 10.9 Å². The van der Waals surface area contributed by atoms with Gasteiger partial charge in [-0.25, -0.2) is 4.39 Å². The highest BCUT2D eigenvalue weighted by molar-refractivity contribution is 6.06. The van der Waals surface area contributed by atoms with E-state index >= 15 is 0 Å².